The van der Waals surface area contributed by atoms with Crippen LogP contribution in [0.3, 0.4) is 0 Å². The number of carbonyl (C=O) groups excluding carboxylic acids is 1. The zero-order valence-electron chi connectivity index (χ0n) is 18.4. The minimum Gasteiger partial charge on any atom is -0.338 e. The Labute approximate surface area is 192 Å². The molecule has 1 heterocycles. The number of hydrogen-bond acceptors (Lipinski definition) is 5. The van der Waals surface area contributed by atoms with Crippen LogP contribution in [0.5, 0.6) is 0 Å². The lowest BCUT2D eigenvalue weighted by Gasteiger charge is -2.37. The predicted octanol–water partition coefficient (Wildman–Crippen LogP) is 1.96. The second-order valence-corrected chi connectivity index (χ2v) is 11.7. The van der Waals surface area contributed by atoms with Crippen LogP contribution in [0.4, 0.5) is 14.5 Å². The fourth-order valence-corrected chi connectivity index (χ4v) is 6.28. The molecule has 0 aliphatic carbocycles. The molecule has 2 aromatic carbocycles. The standard InChI is InChI=1S/C21H25F2N3O5S2/c1-15-4-7-18(8-5-15)33(30,31)25-12-10-24(11-13-25)21(27)16(2)26(32(3,28)29)17-6-9-19(22)20(23)14-17/h4-9,14,16H,10-13H2,1-3H3/t16-/m0/s1. The van der Waals surface area contributed by atoms with Crippen molar-refractivity contribution in [2.45, 2.75) is 24.8 Å². The first kappa shape index (κ1) is 25.1. The third kappa shape index (κ3) is 5.33. The van der Waals surface area contributed by atoms with E-state index in [0.29, 0.717) is 6.07 Å². The molecule has 0 bridgehead atoms. The van der Waals surface area contributed by atoms with Gasteiger partial charge in [-0.05, 0) is 38.1 Å². The molecule has 3 rings (SSSR count). The van der Waals surface area contributed by atoms with E-state index in [1.807, 2.05) is 6.92 Å². The molecular formula is C21H25F2N3O5S2. The molecule has 0 unspecified atom stereocenters. The average molecular weight is 502 g/mol. The summed E-state index contributed by atoms with van der Waals surface area (Å²) in [5, 5.41) is 0. The van der Waals surface area contributed by atoms with E-state index in [2.05, 4.69) is 0 Å². The van der Waals surface area contributed by atoms with E-state index in [1.54, 1.807) is 12.1 Å². The molecule has 0 aromatic heterocycles. The molecule has 0 saturated carbocycles. The van der Waals surface area contributed by atoms with Crippen LogP contribution in [0.15, 0.2) is 47.4 Å². The number of amides is 1. The van der Waals surface area contributed by atoms with Crippen LogP contribution in [0.25, 0.3) is 0 Å². The molecule has 180 valence electrons. The fourth-order valence-electron chi connectivity index (χ4n) is 3.70. The Morgan fingerprint density at radius 1 is 0.939 bits per heavy atom. The number of rotatable bonds is 6. The van der Waals surface area contributed by atoms with Gasteiger partial charge >= 0.3 is 0 Å². The minimum atomic E-state index is -4.01. The summed E-state index contributed by atoms with van der Waals surface area (Å²) in [6.07, 6.45) is 0.865. The monoisotopic (exact) mass is 501 g/mol. The predicted molar refractivity (Wildman–Crippen MR) is 120 cm³/mol. The minimum absolute atomic E-state index is 0.0404. The molecule has 12 heteroatoms. The molecular weight excluding hydrogens is 476 g/mol. The molecule has 2 aromatic rings. The van der Waals surface area contributed by atoms with Crippen LogP contribution in [-0.4, -0.2) is 70.4 Å². The van der Waals surface area contributed by atoms with Gasteiger partial charge in [0.1, 0.15) is 6.04 Å². The van der Waals surface area contributed by atoms with Crippen LogP contribution in [0.1, 0.15) is 12.5 Å². The van der Waals surface area contributed by atoms with Gasteiger partial charge in [-0.1, -0.05) is 17.7 Å². The normalized spacial score (nSPS) is 16.5. The summed E-state index contributed by atoms with van der Waals surface area (Å²) >= 11 is 0. The Kier molecular flexibility index (Phi) is 7.10. The molecule has 0 N–H and O–H groups in total. The van der Waals surface area contributed by atoms with Gasteiger partial charge in [-0.25, -0.2) is 25.6 Å². The number of hydrogen-bond donors (Lipinski definition) is 0. The number of aryl methyl sites for hydroxylation is 1. The maximum atomic E-state index is 13.7. The topological polar surface area (TPSA) is 95.1 Å². The number of piperazine rings is 1. The summed E-state index contributed by atoms with van der Waals surface area (Å²) in [4.78, 5) is 14.6. The van der Waals surface area contributed by atoms with E-state index in [4.69, 9.17) is 0 Å². The quantitative estimate of drug-likeness (QED) is 0.603. The summed E-state index contributed by atoms with van der Waals surface area (Å²) in [5.74, 6) is -2.95. The Hall–Kier alpha value is -2.57. The van der Waals surface area contributed by atoms with Crippen molar-refractivity contribution in [3.05, 3.63) is 59.7 Å². The van der Waals surface area contributed by atoms with E-state index < -0.39 is 43.6 Å². The number of carbonyl (C=O) groups is 1. The first-order valence-corrected chi connectivity index (χ1v) is 13.4. The van der Waals surface area contributed by atoms with E-state index in [1.165, 1.54) is 28.3 Å². The number of sulfonamides is 2. The van der Waals surface area contributed by atoms with Crippen molar-refractivity contribution < 1.29 is 30.4 Å². The van der Waals surface area contributed by atoms with Crippen LogP contribution in [-0.2, 0) is 24.8 Å². The van der Waals surface area contributed by atoms with Gasteiger partial charge in [-0.15, -0.1) is 0 Å². The van der Waals surface area contributed by atoms with E-state index in [9.17, 15) is 30.4 Å². The zero-order chi connectivity index (χ0) is 24.6. The SMILES string of the molecule is Cc1ccc(S(=O)(=O)N2CCN(C(=O)[C@H](C)N(c3ccc(F)c(F)c3)S(C)(=O)=O)CC2)cc1. The Morgan fingerprint density at radius 2 is 1.52 bits per heavy atom. The smallest absolute Gasteiger partial charge is 0.246 e. The summed E-state index contributed by atoms with van der Waals surface area (Å²) in [7, 11) is -7.74. The lowest BCUT2D eigenvalue weighted by molar-refractivity contribution is -0.133. The van der Waals surface area contributed by atoms with Gasteiger partial charge in [0, 0.05) is 32.2 Å². The first-order valence-electron chi connectivity index (χ1n) is 10.1. The van der Waals surface area contributed by atoms with E-state index in [0.717, 1.165) is 28.3 Å². The third-order valence-corrected chi connectivity index (χ3v) is 8.59. The average Bonchev–Trinajstić information content (AvgIpc) is 2.75. The van der Waals surface area contributed by atoms with Crippen molar-refractivity contribution in [3.8, 4) is 0 Å². The van der Waals surface area contributed by atoms with Crippen LogP contribution >= 0.6 is 0 Å². The molecule has 33 heavy (non-hydrogen) atoms. The third-order valence-electron chi connectivity index (χ3n) is 5.43. The molecule has 1 saturated heterocycles. The lowest BCUT2D eigenvalue weighted by Crippen LogP contribution is -2.56. The number of nitrogens with zero attached hydrogens (tertiary/aromatic N) is 3. The Balaban J connectivity index is 1.76. The highest BCUT2D eigenvalue weighted by molar-refractivity contribution is 7.92. The summed E-state index contributed by atoms with van der Waals surface area (Å²) in [6.45, 7) is 3.40. The fraction of sp³-hybridized carbons (Fsp3) is 0.381. The van der Waals surface area contributed by atoms with Gasteiger partial charge in [0.05, 0.1) is 16.8 Å². The number of halogens is 2. The summed E-state index contributed by atoms with van der Waals surface area (Å²) in [5.41, 5.74) is 0.743. The van der Waals surface area contributed by atoms with Crippen LogP contribution < -0.4 is 4.31 Å². The van der Waals surface area contributed by atoms with Crippen molar-refractivity contribution in [2.24, 2.45) is 0 Å². The van der Waals surface area contributed by atoms with Crippen molar-refractivity contribution in [1.82, 2.24) is 9.21 Å². The maximum absolute atomic E-state index is 13.7. The van der Waals surface area contributed by atoms with Gasteiger partial charge < -0.3 is 4.90 Å². The van der Waals surface area contributed by atoms with Crippen LogP contribution in [0, 0.1) is 18.6 Å². The van der Waals surface area contributed by atoms with Crippen molar-refractivity contribution in [2.75, 3.05) is 36.7 Å². The molecule has 1 aliphatic heterocycles. The Morgan fingerprint density at radius 3 is 2.03 bits per heavy atom. The van der Waals surface area contributed by atoms with Crippen LogP contribution in [0.2, 0.25) is 0 Å². The van der Waals surface area contributed by atoms with Crippen molar-refractivity contribution in [3.63, 3.8) is 0 Å². The molecule has 0 radical (unpaired) electrons. The molecule has 8 nitrogen and oxygen atoms in total. The van der Waals surface area contributed by atoms with Gasteiger partial charge in [0.15, 0.2) is 11.6 Å². The van der Waals surface area contributed by atoms with Crippen molar-refractivity contribution in [1.29, 1.82) is 0 Å². The molecule has 0 spiro atoms. The highest BCUT2D eigenvalue weighted by Crippen LogP contribution is 2.25. The van der Waals surface area contributed by atoms with Crippen molar-refractivity contribution >= 4 is 31.6 Å². The molecule has 1 fully saturated rings. The van der Waals surface area contributed by atoms with Gasteiger partial charge in [-0.2, -0.15) is 4.31 Å². The molecule has 1 amide bonds. The van der Waals surface area contributed by atoms with Gasteiger partial charge in [0.2, 0.25) is 26.0 Å². The lowest BCUT2D eigenvalue weighted by atomic mass is 10.2. The second kappa shape index (κ2) is 9.35. The van der Waals surface area contributed by atoms with Gasteiger partial charge in [-0.3, -0.25) is 9.10 Å². The van der Waals surface area contributed by atoms with E-state index in [-0.39, 0.29) is 36.8 Å². The molecule has 1 aliphatic rings. The second-order valence-electron chi connectivity index (χ2n) is 7.88. The highest BCUT2D eigenvalue weighted by atomic mass is 32.2. The highest BCUT2D eigenvalue weighted by Gasteiger charge is 2.36. The first-order chi connectivity index (χ1) is 15.3. The summed E-state index contributed by atoms with van der Waals surface area (Å²) < 4.78 is 79.5. The van der Waals surface area contributed by atoms with E-state index >= 15 is 0 Å². The zero-order valence-corrected chi connectivity index (χ0v) is 20.0. The molecule has 1 atom stereocenters. The summed E-state index contributed by atoms with van der Waals surface area (Å²) in [6, 6.07) is 7.78. The maximum Gasteiger partial charge on any atom is 0.246 e. The number of anilines is 1. The Bertz CT molecular complexity index is 1240. The number of benzene rings is 2. The van der Waals surface area contributed by atoms with Gasteiger partial charge in [0.25, 0.3) is 0 Å². The largest absolute Gasteiger partial charge is 0.338 e.